The van der Waals surface area contributed by atoms with Gasteiger partial charge in [0.2, 0.25) is 0 Å². The van der Waals surface area contributed by atoms with Crippen LogP contribution in [0, 0.1) is 18.2 Å². The van der Waals surface area contributed by atoms with Crippen LogP contribution in [0.4, 0.5) is 10.1 Å². The molecule has 1 unspecified atom stereocenters. The van der Waals surface area contributed by atoms with E-state index < -0.39 is 17.7 Å². The summed E-state index contributed by atoms with van der Waals surface area (Å²) in [5.74, 6) is -0.587. The fourth-order valence-electron chi connectivity index (χ4n) is 6.29. The van der Waals surface area contributed by atoms with E-state index in [-0.39, 0.29) is 17.8 Å². The van der Waals surface area contributed by atoms with Crippen LogP contribution in [0.1, 0.15) is 89.9 Å². The van der Waals surface area contributed by atoms with Crippen molar-refractivity contribution in [2.45, 2.75) is 93.0 Å². The van der Waals surface area contributed by atoms with E-state index in [0.29, 0.717) is 36.6 Å². The Hall–Kier alpha value is -3.53. The Morgan fingerprint density at radius 2 is 1.65 bits per heavy atom. The Morgan fingerprint density at radius 3 is 2.22 bits per heavy atom. The molecular weight excluding hydrogens is 621 g/mol. The number of carbonyl (C=O) groups is 1. The summed E-state index contributed by atoms with van der Waals surface area (Å²) in [5.41, 5.74) is 5.10. The minimum Gasteiger partial charge on any atom is -0.493 e. The lowest BCUT2D eigenvalue weighted by Crippen LogP contribution is -2.39. The number of carboxylic acid groups (broad SMARTS) is 1. The van der Waals surface area contributed by atoms with Crippen molar-refractivity contribution in [1.29, 1.82) is 0 Å². The number of hydrogen-bond acceptors (Lipinski definition) is 7. The molecule has 3 aromatic rings. The molecule has 9 heteroatoms. The number of hydrogen-bond donors (Lipinski definition) is 1. The van der Waals surface area contributed by atoms with Crippen molar-refractivity contribution in [3.05, 3.63) is 76.9 Å². The molecule has 0 spiro atoms. The highest BCUT2D eigenvalue weighted by Crippen LogP contribution is 2.45. The maximum absolute atomic E-state index is 13.3. The summed E-state index contributed by atoms with van der Waals surface area (Å²) in [6.07, 6.45) is 1.40. The maximum Gasteiger partial charge on any atom is 0.337 e. The number of carboxylic acids is 1. The average molecular weight is 678 g/mol. The smallest absolute Gasteiger partial charge is 0.337 e. The first-order chi connectivity index (χ1) is 23.2. The first kappa shape index (κ1) is 38.3. The number of anilines is 1. The van der Waals surface area contributed by atoms with E-state index in [2.05, 4.69) is 37.5 Å². The standard InChI is InChI=1S/C40H56FN3O5/c1-9-43(10-2)24-26-47-27-33-35(30-13-17-32(18-14-30)48-25-19-29-11-15-31(41)16-12-29)36(44-22-20-40(7,8)21-23-44)34(28(3)42-33)37(38(45)46)49-39(4,5)6/h11-18,37H,9-10,19-27H2,1-8H3,(H,45,46). The predicted molar refractivity (Wildman–Crippen MR) is 194 cm³/mol. The fourth-order valence-corrected chi connectivity index (χ4v) is 6.29. The SMILES string of the molecule is CCN(CC)CCOCc1nc(C)c(C(OC(C)(C)C)C(=O)O)c(N2CCC(C)(C)CC2)c1-c1ccc(OCCc2ccc(F)cc2)cc1. The number of halogens is 1. The van der Waals surface area contributed by atoms with Gasteiger partial charge in [-0.3, -0.25) is 4.98 Å². The first-order valence-corrected chi connectivity index (χ1v) is 17.7. The van der Waals surface area contributed by atoms with E-state index >= 15 is 0 Å². The van der Waals surface area contributed by atoms with Gasteiger partial charge in [0.25, 0.3) is 0 Å². The van der Waals surface area contributed by atoms with Crippen molar-refractivity contribution in [1.82, 2.24) is 9.88 Å². The number of aryl methyl sites for hydroxylation is 1. The molecule has 1 fully saturated rings. The molecule has 0 amide bonds. The highest BCUT2D eigenvalue weighted by atomic mass is 19.1. The summed E-state index contributed by atoms with van der Waals surface area (Å²) in [5, 5.41) is 10.6. The van der Waals surface area contributed by atoms with Gasteiger partial charge in [0.1, 0.15) is 11.6 Å². The number of benzene rings is 2. The second-order valence-corrected chi connectivity index (χ2v) is 14.7. The van der Waals surface area contributed by atoms with Crippen LogP contribution in [-0.2, 0) is 27.3 Å². The van der Waals surface area contributed by atoms with Gasteiger partial charge in [-0.05, 0) is 94.4 Å². The van der Waals surface area contributed by atoms with Crippen molar-refractivity contribution >= 4 is 11.7 Å². The Morgan fingerprint density at radius 1 is 1.02 bits per heavy atom. The molecule has 268 valence electrons. The summed E-state index contributed by atoms with van der Waals surface area (Å²) >= 11 is 0. The number of nitrogens with zero attached hydrogens (tertiary/aromatic N) is 3. The molecule has 0 radical (unpaired) electrons. The van der Waals surface area contributed by atoms with E-state index in [1.165, 1.54) is 12.1 Å². The van der Waals surface area contributed by atoms with Crippen LogP contribution < -0.4 is 9.64 Å². The van der Waals surface area contributed by atoms with Crippen LogP contribution in [-0.4, -0.2) is 72.5 Å². The van der Waals surface area contributed by atoms with Crippen molar-refractivity contribution in [2.75, 3.05) is 50.8 Å². The number of aliphatic carboxylic acids is 1. The zero-order valence-corrected chi connectivity index (χ0v) is 30.8. The normalized spacial score (nSPS) is 15.4. The van der Waals surface area contributed by atoms with Gasteiger partial charge in [0, 0.05) is 42.9 Å². The number of pyridine rings is 1. The Bertz CT molecular complexity index is 1500. The van der Waals surface area contributed by atoms with Crippen molar-refractivity contribution in [3.8, 4) is 16.9 Å². The zero-order valence-electron chi connectivity index (χ0n) is 30.8. The molecular formula is C40H56FN3O5. The highest BCUT2D eigenvalue weighted by Gasteiger charge is 2.37. The lowest BCUT2D eigenvalue weighted by Gasteiger charge is -2.41. The molecule has 1 saturated heterocycles. The van der Waals surface area contributed by atoms with Crippen LogP contribution in [0.15, 0.2) is 48.5 Å². The third-order valence-electron chi connectivity index (χ3n) is 9.26. The van der Waals surface area contributed by atoms with Crippen LogP contribution in [0.2, 0.25) is 0 Å². The molecule has 0 bridgehead atoms. The summed E-state index contributed by atoms with van der Waals surface area (Å²) < 4.78 is 32.0. The average Bonchev–Trinajstić information content (AvgIpc) is 3.04. The molecule has 0 saturated carbocycles. The summed E-state index contributed by atoms with van der Waals surface area (Å²) in [6, 6.07) is 14.4. The van der Waals surface area contributed by atoms with Crippen LogP contribution in [0.25, 0.3) is 11.1 Å². The maximum atomic E-state index is 13.3. The molecule has 1 aliphatic rings. The monoisotopic (exact) mass is 677 g/mol. The van der Waals surface area contributed by atoms with Crippen LogP contribution in [0.3, 0.4) is 0 Å². The third-order valence-corrected chi connectivity index (χ3v) is 9.26. The summed E-state index contributed by atoms with van der Waals surface area (Å²) in [4.78, 5) is 22.7. The van der Waals surface area contributed by atoms with Crippen molar-refractivity contribution in [2.24, 2.45) is 5.41 Å². The number of piperidine rings is 1. The van der Waals surface area contributed by atoms with E-state index in [9.17, 15) is 14.3 Å². The van der Waals surface area contributed by atoms with Gasteiger partial charge >= 0.3 is 5.97 Å². The molecule has 49 heavy (non-hydrogen) atoms. The van der Waals surface area contributed by atoms with E-state index in [1.54, 1.807) is 12.1 Å². The van der Waals surface area contributed by atoms with Crippen molar-refractivity contribution in [3.63, 3.8) is 0 Å². The van der Waals surface area contributed by atoms with Gasteiger partial charge in [-0.25, -0.2) is 9.18 Å². The van der Waals surface area contributed by atoms with Gasteiger partial charge in [-0.1, -0.05) is 52.0 Å². The second-order valence-electron chi connectivity index (χ2n) is 14.7. The van der Waals surface area contributed by atoms with Gasteiger partial charge in [-0.2, -0.15) is 0 Å². The molecule has 1 aromatic heterocycles. The van der Waals surface area contributed by atoms with E-state index in [0.717, 1.165) is 73.6 Å². The van der Waals surface area contributed by atoms with Gasteiger partial charge in [0.05, 0.1) is 36.8 Å². The number of aromatic nitrogens is 1. The molecule has 1 aliphatic heterocycles. The number of likely N-dealkylation sites (N-methyl/N-ethyl adjacent to an activating group) is 1. The Kier molecular flexibility index (Phi) is 13.2. The van der Waals surface area contributed by atoms with Gasteiger partial charge in [-0.15, -0.1) is 0 Å². The lowest BCUT2D eigenvalue weighted by atomic mass is 9.81. The van der Waals surface area contributed by atoms with Gasteiger partial charge in [0.15, 0.2) is 6.10 Å². The Balaban J connectivity index is 1.78. The van der Waals surface area contributed by atoms with E-state index in [1.807, 2.05) is 52.0 Å². The third kappa shape index (κ3) is 10.7. The quantitative estimate of drug-likeness (QED) is 0.152. The summed E-state index contributed by atoms with van der Waals surface area (Å²) in [7, 11) is 0. The van der Waals surface area contributed by atoms with Crippen molar-refractivity contribution < 1.29 is 28.5 Å². The van der Waals surface area contributed by atoms with Crippen LogP contribution >= 0.6 is 0 Å². The molecule has 1 N–H and O–H groups in total. The minimum atomic E-state index is -1.21. The van der Waals surface area contributed by atoms with Crippen LogP contribution in [0.5, 0.6) is 5.75 Å². The predicted octanol–water partition coefficient (Wildman–Crippen LogP) is 8.24. The topological polar surface area (TPSA) is 84.4 Å². The Labute approximate surface area is 292 Å². The molecule has 2 heterocycles. The van der Waals surface area contributed by atoms with Gasteiger partial charge < -0.3 is 29.1 Å². The zero-order chi connectivity index (χ0) is 35.8. The molecule has 2 aromatic carbocycles. The number of rotatable bonds is 16. The minimum absolute atomic E-state index is 0.191. The van der Waals surface area contributed by atoms with E-state index in [4.69, 9.17) is 19.2 Å². The lowest BCUT2D eigenvalue weighted by molar-refractivity contribution is -0.160. The molecule has 4 rings (SSSR count). The molecule has 8 nitrogen and oxygen atoms in total. The molecule has 0 aliphatic carbocycles. The fraction of sp³-hybridized carbons (Fsp3) is 0.550. The first-order valence-electron chi connectivity index (χ1n) is 17.7. The highest BCUT2D eigenvalue weighted by molar-refractivity contribution is 5.88. The molecule has 1 atom stereocenters. The second kappa shape index (κ2) is 16.9. The number of ether oxygens (including phenoxy) is 3. The largest absolute Gasteiger partial charge is 0.493 e. The summed E-state index contributed by atoms with van der Waals surface area (Å²) in [6.45, 7) is 22.0.